The molecular weight excluding hydrogens is 1070 g/mol. The summed E-state index contributed by atoms with van der Waals surface area (Å²) in [7, 11) is 0. The maximum atomic E-state index is 13.1. The second-order valence-corrected chi connectivity index (χ2v) is 27.2. The molecule has 17 aromatic rings. The third-order valence-electron chi connectivity index (χ3n) is 18.2. The number of fused-ring (bicyclic) bond motifs is 20. The molecule has 17 rings (SSSR count). The van der Waals surface area contributed by atoms with Crippen LogP contribution in [0.5, 0.6) is 0 Å². The van der Waals surface area contributed by atoms with Crippen LogP contribution < -0.4 is 0 Å². The Hall–Kier alpha value is -9.96. The van der Waals surface area contributed by atoms with Crippen molar-refractivity contribution in [2.75, 3.05) is 0 Å². The van der Waals surface area contributed by atoms with Gasteiger partial charge in [-0.25, -0.2) is 0 Å². The number of benzene rings is 11. The van der Waals surface area contributed by atoms with E-state index in [4.69, 9.17) is 0 Å². The summed E-state index contributed by atoms with van der Waals surface area (Å²) in [5.41, 5.74) is 14.3. The van der Waals surface area contributed by atoms with Gasteiger partial charge in [-0.3, -0.25) is 0 Å². The summed E-state index contributed by atoms with van der Waals surface area (Å²) in [5, 5.41) is 39.5. The molecular formula is C77H54N6S2. The standard InChI is InChI=1S/C77H54N6S2/c1-43-32-36-63-53(38-43)50-34-35-51-49-24-12-18-30-65(49)84-74(51)71(50)83(63)73-69(80-59-26-14-8-20-45(59)46-21-9-15-27-60(46)80)56(41-78)68(57(42-79)70(73)81-61-28-16-10-22-47(61)48-23-11-17-29-62(48)81)82-64-37-33-44(76(2,3)4)39-54(64)55-40-58(77(5,6)7)67-52-25-13-19-31-66(52)85-75(67)72(55)82/h8-40H,1-7H3. The number of nitrogens with zero attached hydrogens (tertiary/aromatic N) is 6. The summed E-state index contributed by atoms with van der Waals surface area (Å²) in [6.45, 7) is 15.9. The summed E-state index contributed by atoms with van der Waals surface area (Å²) in [6, 6.07) is 78.7. The van der Waals surface area contributed by atoms with Crippen molar-refractivity contribution >= 4 is 150 Å². The van der Waals surface area contributed by atoms with E-state index in [1.54, 1.807) is 22.7 Å². The van der Waals surface area contributed by atoms with Gasteiger partial charge in [-0.05, 0) is 95.6 Å². The number of aromatic nitrogens is 4. The van der Waals surface area contributed by atoms with Crippen molar-refractivity contribution in [3.05, 3.63) is 228 Å². The molecule has 0 atom stereocenters. The van der Waals surface area contributed by atoms with Crippen LogP contribution in [-0.2, 0) is 10.8 Å². The zero-order chi connectivity index (χ0) is 57.5. The first-order valence-corrected chi connectivity index (χ1v) is 30.8. The van der Waals surface area contributed by atoms with Crippen LogP contribution in [0.2, 0.25) is 0 Å². The number of rotatable bonds is 4. The van der Waals surface area contributed by atoms with Crippen molar-refractivity contribution < 1.29 is 0 Å². The molecule has 6 heterocycles. The van der Waals surface area contributed by atoms with Gasteiger partial charge in [0.15, 0.2) is 0 Å². The minimum Gasteiger partial charge on any atom is -0.306 e. The fraction of sp³-hybridized carbons (Fsp3) is 0.117. The first-order valence-electron chi connectivity index (χ1n) is 29.1. The van der Waals surface area contributed by atoms with E-state index in [0.29, 0.717) is 28.2 Å². The molecule has 0 aliphatic carbocycles. The van der Waals surface area contributed by atoms with Gasteiger partial charge in [0, 0.05) is 74.0 Å². The zero-order valence-electron chi connectivity index (χ0n) is 48.1. The van der Waals surface area contributed by atoms with Crippen LogP contribution in [-0.4, -0.2) is 18.3 Å². The van der Waals surface area contributed by atoms with Crippen molar-refractivity contribution in [2.45, 2.75) is 59.3 Å². The van der Waals surface area contributed by atoms with E-state index in [0.717, 1.165) is 113 Å². The third kappa shape index (κ3) is 6.72. The molecule has 0 unspecified atom stereocenters. The largest absolute Gasteiger partial charge is 0.306 e. The molecule has 0 radical (unpaired) electrons. The lowest BCUT2D eigenvalue weighted by Crippen LogP contribution is -2.17. The van der Waals surface area contributed by atoms with Gasteiger partial charge in [0.25, 0.3) is 0 Å². The molecule has 0 aliphatic heterocycles. The Balaban J connectivity index is 1.22. The van der Waals surface area contributed by atoms with Gasteiger partial charge < -0.3 is 18.3 Å². The second kappa shape index (κ2) is 17.5. The average molecular weight is 1130 g/mol. The average Bonchev–Trinajstić information content (AvgIpc) is 1.63. The van der Waals surface area contributed by atoms with Gasteiger partial charge in [-0.2, -0.15) is 10.5 Å². The van der Waals surface area contributed by atoms with Crippen molar-refractivity contribution in [3.8, 4) is 34.9 Å². The van der Waals surface area contributed by atoms with Gasteiger partial charge in [-0.15, -0.1) is 22.7 Å². The Labute approximate surface area is 498 Å². The Morgan fingerprint density at radius 3 is 1.32 bits per heavy atom. The van der Waals surface area contributed by atoms with Crippen LogP contribution in [0.4, 0.5) is 0 Å². The Kier molecular flexibility index (Phi) is 10.2. The second-order valence-electron chi connectivity index (χ2n) is 25.1. The molecule has 0 spiro atoms. The molecule has 85 heavy (non-hydrogen) atoms. The molecule has 0 N–H and O–H groups in total. The van der Waals surface area contributed by atoms with Crippen LogP contribution in [0, 0.1) is 29.6 Å². The predicted octanol–water partition coefficient (Wildman–Crippen LogP) is 21.5. The van der Waals surface area contributed by atoms with Gasteiger partial charge in [0.05, 0.1) is 76.3 Å². The van der Waals surface area contributed by atoms with Gasteiger partial charge in [0.1, 0.15) is 23.3 Å². The minimum absolute atomic E-state index is 0.178. The van der Waals surface area contributed by atoms with Gasteiger partial charge >= 0.3 is 0 Å². The smallest absolute Gasteiger partial charge is 0.104 e. The lowest BCUT2D eigenvalue weighted by atomic mass is 9.82. The number of nitriles is 2. The van der Waals surface area contributed by atoms with Crippen molar-refractivity contribution in [2.24, 2.45) is 0 Å². The summed E-state index contributed by atoms with van der Waals surface area (Å²) in [6.07, 6.45) is 0. The van der Waals surface area contributed by atoms with E-state index in [1.807, 2.05) is 0 Å². The number of thiophene rings is 2. The van der Waals surface area contributed by atoms with Crippen LogP contribution >= 0.6 is 22.7 Å². The molecule has 404 valence electrons. The zero-order valence-corrected chi connectivity index (χ0v) is 49.7. The Bertz CT molecular complexity index is 5660. The summed E-state index contributed by atoms with van der Waals surface area (Å²) < 4.78 is 14.1. The summed E-state index contributed by atoms with van der Waals surface area (Å²) in [5.74, 6) is 0. The van der Waals surface area contributed by atoms with E-state index in [1.165, 1.54) is 36.7 Å². The highest BCUT2D eigenvalue weighted by Gasteiger charge is 2.36. The molecule has 6 nitrogen and oxygen atoms in total. The van der Waals surface area contributed by atoms with Gasteiger partial charge in [-0.1, -0.05) is 181 Å². The molecule has 0 fully saturated rings. The van der Waals surface area contributed by atoms with Crippen LogP contribution in [0.3, 0.4) is 0 Å². The van der Waals surface area contributed by atoms with Crippen molar-refractivity contribution in [3.63, 3.8) is 0 Å². The Morgan fingerprint density at radius 2 is 0.776 bits per heavy atom. The highest BCUT2D eigenvalue weighted by atomic mass is 32.1. The SMILES string of the molecule is Cc1ccc2c(c1)c1ccc3c4ccccc4sc3c1n2-c1c(-n2c3ccccc3c3ccccc32)c(C#N)c(-n2c3ccc(C(C)(C)C)cc3c3cc(C(C)(C)C)c4c5ccccc5sc4c32)c(C#N)c1-n1c2ccccc2c2ccccc21. The number of aryl methyl sites for hydroxylation is 1. The molecule has 0 aliphatic rings. The number of hydrogen-bond acceptors (Lipinski definition) is 4. The first-order chi connectivity index (χ1) is 41.3. The monoisotopic (exact) mass is 1130 g/mol. The van der Waals surface area contributed by atoms with E-state index in [9.17, 15) is 10.5 Å². The van der Waals surface area contributed by atoms with Crippen LogP contribution in [0.25, 0.3) is 150 Å². The van der Waals surface area contributed by atoms with E-state index < -0.39 is 0 Å². The lowest BCUT2D eigenvalue weighted by molar-refractivity contribution is 0.591. The minimum atomic E-state index is -0.238. The molecule has 0 amide bonds. The van der Waals surface area contributed by atoms with Crippen LogP contribution in [0.15, 0.2) is 200 Å². The van der Waals surface area contributed by atoms with Gasteiger partial charge in [0.2, 0.25) is 0 Å². The topological polar surface area (TPSA) is 67.3 Å². The van der Waals surface area contributed by atoms with E-state index >= 15 is 0 Å². The lowest BCUT2D eigenvalue weighted by Gasteiger charge is -2.27. The quantitative estimate of drug-likeness (QED) is 0.176. The molecule has 0 saturated carbocycles. The Morgan fingerprint density at radius 1 is 0.341 bits per heavy atom. The van der Waals surface area contributed by atoms with Crippen LogP contribution in [0.1, 0.15) is 69.4 Å². The highest BCUT2D eigenvalue weighted by molar-refractivity contribution is 7.27. The maximum Gasteiger partial charge on any atom is 0.104 e. The summed E-state index contributed by atoms with van der Waals surface area (Å²) >= 11 is 3.60. The highest BCUT2D eigenvalue weighted by Crippen LogP contribution is 2.53. The fourth-order valence-electron chi connectivity index (χ4n) is 14.4. The maximum absolute atomic E-state index is 13.1. The molecule has 0 saturated heterocycles. The number of hydrogen-bond donors (Lipinski definition) is 0. The van der Waals surface area contributed by atoms with Crippen molar-refractivity contribution in [1.82, 2.24) is 18.3 Å². The molecule has 6 aromatic heterocycles. The summed E-state index contributed by atoms with van der Waals surface area (Å²) in [4.78, 5) is 0. The fourth-order valence-corrected chi connectivity index (χ4v) is 16.9. The molecule has 0 bridgehead atoms. The third-order valence-corrected chi connectivity index (χ3v) is 20.5. The van der Waals surface area contributed by atoms with E-state index in [-0.39, 0.29) is 10.8 Å². The number of para-hydroxylation sites is 4. The predicted molar refractivity (Wildman–Crippen MR) is 361 cm³/mol. The first kappa shape index (κ1) is 49.6. The molecule has 11 aromatic carbocycles. The van der Waals surface area contributed by atoms with E-state index in [2.05, 4.69) is 279 Å². The molecule has 8 heteroatoms. The van der Waals surface area contributed by atoms with Crippen molar-refractivity contribution in [1.29, 1.82) is 10.5 Å². The normalized spacial score (nSPS) is 12.6.